The maximum Gasteiger partial charge on any atom is 0.230 e. The molecule has 0 atom stereocenters. The Hall–Kier alpha value is -2.71. The number of rotatable bonds is 5. The van der Waals surface area contributed by atoms with Gasteiger partial charge in [-0.1, -0.05) is 36.0 Å². The minimum atomic E-state index is -0.0468. The van der Waals surface area contributed by atoms with E-state index in [0.717, 1.165) is 33.3 Å². The summed E-state index contributed by atoms with van der Waals surface area (Å²) in [4.78, 5) is 18.8. The van der Waals surface area contributed by atoms with E-state index in [-0.39, 0.29) is 5.91 Å². The molecule has 0 fully saturated rings. The first kappa shape index (κ1) is 18.6. The van der Waals surface area contributed by atoms with Crippen LogP contribution in [0.4, 0.5) is 10.8 Å². The summed E-state index contributed by atoms with van der Waals surface area (Å²) in [6.07, 6.45) is 1.95. The summed E-state index contributed by atoms with van der Waals surface area (Å²) in [5, 5.41) is 11.9. The number of fused-ring (bicyclic) bond motifs is 1. The number of anilines is 2. The number of pyridine rings is 1. The number of thiazole rings is 1. The van der Waals surface area contributed by atoms with Gasteiger partial charge in [0.15, 0.2) is 15.9 Å². The molecule has 4 aromatic rings. The molecular weight excluding hydrogens is 390 g/mol. The number of carbonyl (C=O) groups excluding carboxylic acids is 1. The Balaban J connectivity index is 1.58. The van der Waals surface area contributed by atoms with Crippen molar-refractivity contribution in [1.29, 1.82) is 0 Å². The van der Waals surface area contributed by atoms with Crippen molar-refractivity contribution in [3.05, 3.63) is 64.8 Å². The lowest BCUT2D eigenvalue weighted by Crippen LogP contribution is -2.24. The van der Waals surface area contributed by atoms with E-state index in [1.54, 1.807) is 23.6 Å². The van der Waals surface area contributed by atoms with Gasteiger partial charge < -0.3 is 0 Å². The molecular formula is C20H19N5OS2. The van der Waals surface area contributed by atoms with Crippen LogP contribution in [0.2, 0.25) is 0 Å². The molecule has 3 aromatic heterocycles. The Morgan fingerprint density at radius 3 is 2.68 bits per heavy atom. The van der Waals surface area contributed by atoms with Gasteiger partial charge in [0, 0.05) is 24.3 Å². The molecule has 0 N–H and O–H groups in total. The Bertz CT molecular complexity index is 1130. The number of hydrogen-bond donors (Lipinski definition) is 0. The number of aryl methyl sites for hydroxylation is 2. The zero-order valence-electron chi connectivity index (χ0n) is 15.8. The fourth-order valence-corrected chi connectivity index (χ4v) is 4.86. The summed E-state index contributed by atoms with van der Waals surface area (Å²) in [6, 6.07) is 11.8. The lowest BCUT2D eigenvalue weighted by atomic mass is 10.1. The molecule has 8 heteroatoms. The summed E-state index contributed by atoms with van der Waals surface area (Å²) >= 11 is 3.05. The Kier molecular flexibility index (Phi) is 5.15. The van der Waals surface area contributed by atoms with E-state index in [1.807, 2.05) is 66.2 Å². The summed E-state index contributed by atoms with van der Waals surface area (Å²) in [5.74, 6) is 0.611. The van der Waals surface area contributed by atoms with Crippen LogP contribution in [0, 0.1) is 13.8 Å². The third-order valence-electron chi connectivity index (χ3n) is 4.34. The van der Waals surface area contributed by atoms with Crippen LogP contribution >= 0.6 is 23.1 Å². The first-order valence-electron chi connectivity index (χ1n) is 8.78. The summed E-state index contributed by atoms with van der Waals surface area (Å²) < 4.78 is 1.95. The highest BCUT2D eigenvalue weighted by molar-refractivity contribution is 7.98. The molecule has 0 bridgehead atoms. The van der Waals surface area contributed by atoms with Crippen LogP contribution in [0.1, 0.15) is 23.7 Å². The number of para-hydroxylation sites is 1. The summed E-state index contributed by atoms with van der Waals surface area (Å²) in [7, 11) is 0. The number of hydrogen-bond acceptors (Lipinski definition) is 6. The number of thioether (sulfide) groups is 1. The maximum absolute atomic E-state index is 12.4. The van der Waals surface area contributed by atoms with E-state index in [1.165, 1.54) is 11.3 Å². The van der Waals surface area contributed by atoms with Gasteiger partial charge in [-0.25, -0.2) is 4.98 Å². The highest BCUT2D eigenvalue weighted by atomic mass is 32.2. The van der Waals surface area contributed by atoms with Gasteiger partial charge in [0.05, 0.1) is 11.4 Å². The zero-order chi connectivity index (χ0) is 19.7. The van der Waals surface area contributed by atoms with Gasteiger partial charge in [0.25, 0.3) is 0 Å². The van der Waals surface area contributed by atoms with E-state index in [4.69, 9.17) is 4.98 Å². The van der Waals surface area contributed by atoms with Crippen molar-refractivity contribution in [2.24, 2.45) is 0 Å². The normalized spacial score (nSPS) is 11.1. The van der Waals surface area contributed by atoms with E-state index in [9.17, 15) is 4.79 Å². The van der Waals surface area contributed by atoms with Gasteiger partial charge in [-0.15, -0.1) is 21.5 Å². The number of carbonyl (C=O) groups is 1. The minimum absolute atomic E-state index is 0.0468. The molecule has 4 rings (SSSR count). The Morgan fingerprint density at radius 2 is 1.93 bits per heavy atom. The minimum Gasteiger partial charge on any atom is -0.277 e. The van der Waals surface area contributed by atoms with Crippen LogP contribution in [0.25, 0.3) is 5.65 Å². The third kappa shape index (κ3) is 3.53. The molecule has 0 saturated heterocycles. The topological polar surface area (TPSA) is 63.4 Å². The predicted octanol–water partition coefficient (Wildman–Crippen LogP) is 4.78. The van der Waals surface area contributed by atoms with Crippen LogP contribution in [0.5, 0.6) is 0 Å². The van der Waals surface area contributed by atoms with Crippen molar-refractivity contribution in [2.45, 2.75) is 31.7 Å². The molecule has 3 heterocycles. The highest BCUT2D eigenvalue weighted by Crippen LogP contribution is 2.34. The fourth-order valence-electron chi connectivity index (χ4n) is 3.07. The molecule has 6 nitrogen and oxygen atoms in total. The number of benzene rings is 1. The molecule has 0 radical (unpaired) electrons. The SMILES string of the molecule is CC(=O)N(c1nc(CSc2nnc3ccccn23)cs1)c1c(C)cccc1C. The maximum atomic E-state index is 12.4. The Morgan fingerprint density at radius 1 is 1.14 bits per heavy atom. The first-order chi connectivity index (χ1) is 13.5. The molecule has 1 amide bonds. The van der Waals surface area contributed by atoms with Crippen molar-refractivity contribution in [1.82, 2.24) is 19.6 Å². The number of nitrogens with zero attached hydrogens (tertiary/aromatic N) is 5. The largest absolute Gasteiger partial charge is 0.277 e. The van der Waals surface area contributed by atoms with Gasteiger partial charge in [-0.2, -0.15) is 0 Å². The molecule has 0 aliphatic carbocycles. The molecule has 0 unspecified atom stereocenters. The van der Waals surface area contributed by atoms with Crippen molar-refractivity contribution in [2.75, 3.05) is 4.90 Å². The molecule has 142 valence electrons. The first-order valence-corrected chi connectivity index (χ1v) is 10.6. The standard InChI is InChI=1S/C20H19N5OS2/c1-13-7-6-8-14(2)18(13)25(15(3)26)19-21-16(11-27-19)12-28-20-23-22-17-9-4-5-10-24(17)20/h4-11H,12H2,1-3H3. The van der Waals surface area contributed by atoms with Crippen molar-refractivity contribution in [3.63, 3.8) is 0 Å². The average molecular weight is 410 g/mol. The lowest BCUT2D eigenvalue weighted by molar-refractivity contribution is -0.115. The summed E-state index contributed by atoms with van der Waals surface area (Å²) in [6.45, 7) is 5.60. The van der Waals surface area contributed by atoms with E-state index >= 15 is 0 Å². The monoisotopic (exact) mass is 409 g/mol. The number of aromatic nitrogens is 4. The average Bonchev–Trinajstić information content (AvgIpc) is 3.30. The van der Waals surface area contributed by atoms with Crippen LogP contribution in [-0.2, 0) is 10.5 Å². The highest BCUT2D eigenvalue weighted by Gasteiger charge is 2.21. The van der Waals surface area contributed by atoms with Crippen molar-refractivity contribution in [3.8, 4) is 0 Å². The molecule has 0 saturated carbocycles. The molecule has 0 spiro atoms. The van der Waals surface area contributed by atoms with Crippen LogP contribution in [-0.4, -0.2) is 25.5 Å². The van der Waals surface area contributed by atoms with Gasteiger partial charge in [0.1, 0.15) is 0 Å². The van der Waals surface area contributed by atoms with Crippen LogP contribution in [0.15, 0.2) is 53.1 Å². The van der Waals surface area contributed by atoms with Crippen LogP contribution in [0.3, 0.4) is 0 Å². The van der Waals surface area contributed by atoms with Crippen LogP contribution < -0.4 is 4.90 Å². The van der Waals surface area contributed by atoms with E-state index in [0.29, 0.717) is 10.9 Å². The molecule has 0 aliphatic rings. The molecule has 28 heavy (non-hydrogen) atoms. The fraction of sp³-hybridized carbons (Fsp3) is 0.200. The quantitative estimate of drug-likeness (QED) is 0.444. The second-order valence-electron chi connectivity index (χ2n) is 6.42. The van der Waals surface area contributed by atoms with Gasteiger partial charge >= 0.3 is 0 Å². The second-order valence-corrected chi connectivity index (χ2v) is 8.20. The predicted molar refractivity (Wildman–Crippen MR) is 113 cm³/mol. The lowest BCUT2D eigenvalue weighted by Gasteiger charge is -2.22. The zero-order valence-corrected chi connectivity index (χ0v) is 17.4. The second kappa shape index (κ2) is 7.73. The van der Waals surface area contributed by atoms with Gasteiger partial charge in [-0.05, 0) is 37.1 Å². The molecule has 1 aromatic carbocycles. The van der Waals surface area contributed by atoms with E-state index < -0.39 is 0 Å². The van der Waals surface area contributed by atoms with Gasteiger partial charge in [-0.3, -0.25) is 14.1 Å². The van der Waals surface area contributed by atoms with Gasteiger partial charge in [0.2, 0.25) is 5.91 Å². The van der Waals surface area contributed by atoms with Crippen molar-refractivity contribution < 1.29 is 4.79 Å². The van der Waals surface area contributed by atoms with Crippen molar-refractivity contribution >= 4 is 45.5 Å². The molecule has 0 aliphatic heterocycles. The Labute approximate surface area is 171 Å². The smallest absolute Gasteiger partial charge is 0.230 e. The summed E-state index contributed by atoms with van der Waals surface area (Å²) in [5.41, 5.74) is 4.75. The van der Waals surface area contributed by atoms with E-state index in [2.05, 4.69) is 10.2 Å². The third-order valence-corrected chi connectivity index (χ3v) is 6.19. The number of amides is 1.